The van der Waals surface area contributed by atoms with Crippen molar-refractivity contribution in [2.24, 2.45) is 0 Å². The van der Waals surface area contributed by atoms with Crippen molar-refractivity contribution in [1.82, 2.24) is 0 Å². The summed E-state index contributed by atoms with van der Waals surface area (Å²) in [5.74, 6) is 0. The van der Waals surface area contributed by atoms with Gasteiger partial charge in [-0.25, -0.2) is 0 Å². The zero-order valence-electron chi connectivity index (χ0n) is 17.0. The van der Waals surface area contributed by atoms with Crippen LogP contribution < -0.4 is 0 Å². The summed E-state index contributed by atoms with van der Waals surface area (Å²) in [5.41, 5.74) is 0. The predicted molar refractivity (Wildman–Crippen MR) is 111 cm³/mol. The zero-order chi connectivity index (χ0) is 18.0. The Labute approximate surface area is 175 Å². The average Bonchev–Trinajstić information content (AvgIpc) is 3.17. The molecule has 0 aromatic carbocycles. The van der Waals surface area contributed by atoms with Gasteiger partial charge in [-0.2, -0.15) is 19.3 Å². The topological polar surface area (TPSA) is 0 Å². The molecule has 0 nitrogen and oxygen atoms in total. The molecule has 0 heterocycles. The van der Waals surface area contributed by atoms with E-state index in [4.69, 9.17) is 0 Å². The first-order valence-electron chi connectivity index (χ1n) is 9.79. The molecule has 1 aliphatic carbocycles. The Kier molecular flexibility index (Phi) is 51.8. The number of allylic oxidation sites excluding steroid dienone is 4. The summed E-state index contributed by atoms with van der Waals surface area (Å²) in [5, 5.41) is 0. The fourth-order valence-corrected chi connectivity index (χ4v) is 1.60. The molecule has 0 aromatic heterocycles. The van der Waals surface area contributed by atoms with E-state index >= 15 is 0 Å². The Balaban J connectivity index is -0.000000110. The summed E-state index contributed by atoms with van der Waals surface area (Å²) < 4.78 is 0. The Morgan fingerprint density at radius 2 is 0.792 bits per heavy atom. The van der Waals surface area contributed by atoms with E-state index in [1.54, 1.807) is 0 Å². The number of hydrogen-bond acceptors (Lipinski definition) is 0. The van der Waals surface area contributed by atoms with Gasteiger partial charge in [0.1, 0.15) is 0 Å². The maximum atomic E-state index is 3.72. The largest absolute Gasteiger partial charge is 3.00 e. The molecule has 0 aliphatic heterocycles. The third-order valence-corrected chi connectivity index (χ3v) is 3.12. The molecule has 0 atom stereocenters. The van der Waals surface area contributed by atoms with Gasteiger partial charge in [0.15, 0.2) is 0 Å². The van der Waals surface area contributed by atoms with E-state index in [0.717, 1.165) is 19.3 Å². The summed E-state index contributed by atoms with van der Waals surface area (Å²) in [6.45, 7) is 17.8. The molecule has 0 spiro atoms. The molecule has 0 unspecified atom stereocenters. The third kappa shape index (κ3) is 49.5. The van der Waals surface area contributed by atoms with Gasteiger partial charge in [0.2, 0.25) is 0 Å². The van der Waals surface area contributed by atoms with Crippen molar-refractivity contribution in [1.29, 1.82) is 0 Å². The Hall–Kier alpha value is 0.363. The molecule has 0 fully saturated rings. The van der Waals surface area contributed by atoms with Crippen molar-refractivity contribution >= 4 is 0 Å². The van der Waals surface area contributed by atoms with E-state index in [0.29, 0.717) is 0 Å². The summed E-state index contributed by atoms with van der Waals surface area (Å²) in [7, 11) is 0. The van der Waals surface area contributed by atoms with Crippen LogP contribution in [0.4, 0.5) is 0 Å². The van der Waals surface area contributed by atoms with Crippen LogP contribution in [0, 0.1) is 27.2 Å². The van der Waals surface area contributed by atoms with Crippen LogP contribution in [0.25, 0.3) is 0 Å². The van der Waals surface area contributed by atoms with Crippen molar-refractivity contribution in [2.45, 2.75) is 97.8 Å². The average molecular weight is 412 g/mol. The van der Waals surface area contributed by atoms with Gasteiger partial charge >= 0.3 is 26.2 Å². The van der Waals surface area contributed by atoms with Crippen LogP contribution in [0.15, 0.2) is 24.3 Å². The molecule has 1 heteroatoms. The van der Waals surface area contributed by atoms with E-state index in [1.807, 2.05) is 30.7 Å². The minimum absolute atomic E-state index is 0. The predicted octanol–water partition coefficient (Wildman–Crippen LogP) is 8.52. The van der Waals surface area contributed by atoms with Crippen LogP contribution in [0.1, 0.15) is 97.8 Å². The second-order valence-corrected chi connectivity index (χ2v) is 5.64. The molecule has 0 saturated carbocycles. The van der Waals surface area contributed by atoms with Gasteiger partial charge in [0.25, 0.3) is 0 Å². The van der Waals surface area contributed by atoms with E-state index in [-0.39, 0.29) is 26.2 Å². The zero-order valence-corrected chi connectivity index (χ0v) is 19.5. The molecular weight excluding hydrogens is 367 g/mol. The van der Waals surface area contributed by atoms with Crippen LogP contribution in [-0.2, 0) is 26.2 Å². The first kappa shape index (κ1) is 32.1. The summed E-state index contributed by atoms with van der Waals surface area (Å²) in [4.78, 5) is 0. The first-order valence-corrected chi connectivity index (χ1v) is 9.79. The van der Waals surface area contributed by atoms with E-state index < -0.39 is 0 Å². The van der Waals surface area contributed by atoms with E-state index in [2.05, 4.69) is 41.5 Å². The summed E-state index contributed by atoms with van der Waals surface area (Å²) in [6.07, 6.45) is 25.2. The van der Waals surface area contributed by atoms with Crippen LogP contribution in [-0.4, -0.2) is 0 Å². The standard InChI is InChI=1S/3C6H13.C5H5.Zr/c3*1-3-5-6-4-2;1-2-4-5-3-1;/h3*1,3-6H2,2H3;1-5H;/q3*-1;;+3. The second-order valence-electron chi connectivity index (χ2n) is 5.64. The minimum Gasteiger partial charge on any atom is -0.343 e. The third-order valence-electron chi connectivity index (χ3n) is 3.12. The maximum Gasteiger partial charge on any atom is 3.00 e. The molecule has 0 aromatic rings. The van der Waals surface area contributed by atoms with E-state index in [1.165, 1.54) is 57.8 Å². The summed E-state index contributed by atoms with van der Waals surface area (Å²) in [6, 6.07) is 0. The molecule has 0 amide bonds. The number of unbranched alkanes of at least 4 members (excludes halogenated alkanes) is 9. The van der Waals surface area contributed by atoms with Crippen LogP contribution in [0.5, 0.6) is 0 Å². The fourth-order valence-electron chi connectivity index (χ4n) is 1.60. The molecule has 0 N–H and O–H groups in total. The summed E-state index contributed by atoms with van der Waals surface area (Å²) >= 11 is 0. The first-order chi connectivity index (χ1) is 11.2. The fraction of sp³-hybridized carbons (Fsp3) is 0.652. The Morgan fingerprint density at radius 3 is 0.875 bits per heavy atom. The molecule has 1 aliphatic rings. The van der Waals surface area contributed by atoms with Gasteiger partial charge in [-0.05, 0) is 0 Å². The molecule has 0 bridgehead atoms. The second kappa shape index (κ2) is 38.8. The van der Waals surface area contributed by atoms with Gasteiger partial charge in [-0.3, -0.25) is 0 Å². The normalized spacial score (nSPS) is 10.4. The smallest absolute Gasteiger partial charge is 0.343 e. The molecule has 140 valence electrons. The van der Waals surface area contributed by atoms with Gasteiger partial charge in [-0.1, -0.05) is 103 Å². The number of rotatable bonds is 9. The van der Waals surface area contributed by atoms with Gasteiger partial charge in [-0.15, -0.1) is 0 Å². The molecular formula is C23H44Zr. The van der Waals surface area contributed by atoms with Gasteiger partial charge in [0, 0.05) is 6.42 Å². The van der Waals surface area contributed by atoms with Crippen LogP contribution in [0.2, 0.25) is 0 Å². The monoisotopic (exact) mass is 410 g/mol. The molecule has 0 saturated heterocycles. The van der Waals surface area contributed by atoms with Gasteiger partial charge < -0.3 is 20.8 Å². The SMILES string of the molecule is [CH2-]CCCCC.[CH2-]CCCCC.[CH2-]CCCCC.[CH]1C=CC=C1.[Zr+3]. The van der Waals surface area contributed by atoms with Crippen LogP contribution >= 0.6 is 0 Å². The number of hydrogen-bond donors (Lipinski definition) is 0. The molecule has 1 rings (SSSR count). The quantitative estimate of drug-likeness (QED) is 0.263. The van der Waals surface area contributed by atoms with Crippen molar-refractivity contribution in [3.05, 3.63) is 51.5 Å². The Bertz CT molecular complexity index is 165. The van der Waals surface area contributed by atoms with Crippen LogP contribution in [0.3, 0.4) is 0 Å². The molecule has 24 heavy (non-hydrogen) atoms. The van der Waals surface area contributed by atoms with E-state index in [9.17, 15) is 0 Å². The van der Waals surface area contributed by atoms with Crippen molar-refractivity contribution in [2.75, 3.05) is 0 Å². The van der Waals surface area contributed by atoms with Crippen molar-refractivity contribution in [3.8, 4) is 0 Å². The molecule has 2 radical (unpaired) electrons. The van der Waals surface area contributed by atoms with Gasteiger partial charge in [0.05, 0.1) is 0 Å². The maximum absolute atomic E-state index is 3.72. The van der Waals surface area contributed by atoms with Crippen molar-refractivity contribution < 1.29 is 26.2 Å². The Morgan fingerprint density at radius 1 is 0.500 bits per heavy atom. The minimum atomic E-state index is 0. The van der Waals surface area contributed by atoms with Crippen molar-refractivity contribution in [3.63, 3.8) is 0 Å².